The van der Waals surface area contributed by atoms with Gasteiger partial charge in [0.05, 0.1) is 0 Å². The van der Waals surface area contributed by atoms with Gasteiger partial charge in [0.25, 0.3) is 0 Å². The maximum atomic E-state index is 11.3. The summed E-state index contributed by atoms with van der Waals surface area (Å²) in [6, 6.07) is 0. The van der Waals surface area contributed by atoms with Crippen LogP contribution in [0.1, 0.15) is 42.5 Å². The molecule has 13 heteroatoms. The first-order valence-corrected chi connectivity index (χ1v) is 9.36. The van der Waals surface area contributed by atoms with E-state index in [1.165, 1.54) is 17.0 Å². The first-order chi connectivity index (χ1) is 13.5. The predicted octanol–water partition coefficient (Wildman–Crippen LogP) is 3.37. The summed E-state index contributed by atoms with van der Waals surface area (Å²) in [6.07, 6.45) is 3.33. The van der Waals surface area contributed by atoms with Crippen LogP contribution in [-0.2, 0) is 28.9 Å². The minimum absolute atomic E-state index is 0. The van der Waals surface area contributed by atoms with E-state index in [-0.39, 0.29) is 19.6 Å². The van der Waals surface area contributed by atoms with Gasteiger partial charge in [0.15, 0.2) is 0 Å². The van der Waals surface area contributed by atoms with Crippen molar-refractivity contribution in [3.8, 4) is 0 Å². The van der Waals surface area contributed by atoms with Gasteiger partial charge in [-0.3, -0.25) is 0 Å². The number of nitro groups is 1. The van der Waals surface area contributed by atoms with Gasteiger partial charge in [0.2, 0.25) is 0 Å². The summed E-state index contributed by atoms with van der Waals surface area (Å²) < 4.78 is 9.47. The molecule has 0 saturated carbocycles. The van der Waals surface area contributed by atoms with Crippen molar-refractivity contribution in [1.82, 2.24) is 9.55 Å². The number of rotatable bonds is 11. The fourth-order valence-electron chi connectivity index (χ4n) is 2.20. The van der Waals surface area contributed by atoms with Crippen molar-refractivity contribution in [2.24, 2.45) is 10.3 Å². The van der Waals surface area contributed by atoms with Crippen molar-refractivity contribution < 1.29 is 28.7 Å². The van der Waals surface area contributed by atoms with Gasteiger partial charge in [-0.2, -0.15) is 13.1 Å². The Hall–Kier alpha value is -2.08. The molecule has 0 radical (unpaired) electrons. The van der Waals surface area contributed by atoms with Gasteiger partial charge in [-0.25, -0.2) is 4.57 Å². The molecule has 1 rings (SSSR count). The Morgan fingerprint density at radius 3 is 2.24 bits per heavy atom. The molecule has 1 heterocycles. The Balaban J connectivity index is 0. The molecule has 0 amide bonds. The first kappa shape index (κ1) is 26.9. The number of nitrogens with zero attached hydrogens (tertiary/aromatic N) is 7. The van der Waals surface area contributed by atoms with Crippen LogP contribution in [-0.4, -0.2) is 50.1 Å². The Morgan fingerprint density at radius 2 is 1.76 bits per heavy atom. The second-order valence-electron chi connectivity index (χ2n) is 7.06. The molecule has 162 valence electrons. The fraction of sp³-hybridized carbons (Fsp3) is 0.688. The van der Waals surface area contributed by atoms with Crippen molar-refractivity contribution in [2.75, 3.05) is 13.1 Å². The van der Waals surface area contributed by atoms with E-state index in [0.29, 0.717) is 25.2 Å². The number of aromatic nitrogens is 2. The van der Waals surface area contributed by atoms with Crippen molar-refractivity contribution in [3.05, 3.63) is 43.6 Å². The van der Waals surface area contributed by atoms with E-state index in [4.69, 9.17) is 3.50 Å². The molecule has 0 N–H and O–H groups in total. The SMILES string of the molecule is C/C(=N\[O-])C(C)(C)[N-]CCC[N-]C(C)(C)/C(Cn1ccnc1[N+](=O)[O-])=N/[O-].[H+].[O]=[99Tc+3]. The zero-order chi connectivity index (χ0) is 22.7. The summed E-state index contributed by atoms with van der Waals surface area (Å²) in [4.78, 5) is 14.0. The van der Waals surface area contributed by atoms with Gasteiger partial charge in [0, 0.05) is 5.71 Å². The molecule has 1 aromatic heterocycles. The Bertz CT molecular complexity index is 725. The molecule has 0 aliphatic rings. The van der Waals surface area contributed by atoms with Crippen LogP contribution in [0.3, 0.4) is 0 Å². The number of hydrogen-bond acceptors (Lipinski definition) is 8. The average molecular weight is 495 g/mol. The minimum atomic E-state index is -0.887. The molecular weight excluding hydrogens is 469 g/mol. The molecule has 0 aromatic carbocycles. The van der Waals surface area contributed by atoms with Crippen LogP contribution in [0.4, 0.5) is 5.95 Å². The molecule has 0 unspecified atom stereocenters. The van der Waals surface area contributed by atoms with E-state index in [1.807, 2.05) is 13.8 Å². The molecule has 1 aromatic rings. The Morgan fingerprint density at radius 1 is 1.21 bits per heavy atom. The van der Waals surface area contributed by atoms with Crippen LogP contribution in [0.25, 0.3) is 10.6 Å². The summed E-state index contributed by atoms with van der Waals surface area (Å²) in [5, 5.41) is 47.7. The topological polar surface area (TPSA) is 177 Å². The third-order valence-corrected chi connectivity index (χ3v) is 4.35. The zero-order valence-corrected chi connectivity index (χ0v) is 18.9. The van der Waals surface area contributed by atoms with Gasteiger partial charge in [-0.1, -0.05) is 50.2 Å². The molecule has 29 heavy (non-hydrogen) atoms. The van der Waals surface area contributed by atoms with Crippen LogP contribution in [0.15, 0.2) is 22.7 Å². The van der Waals surface area contributed by atoms with Gasteiger partial charge in [-0.05, 0) is 17.6 Å². The van der Waals surface area contributed by atoms with E-state index < -0.39 is 16.0 Å². The van der Waals surface area contributed by atoms with Crippen LogP contribution < -0.4 is 0 Å². The Kier molecular flexibility index (Phi) is 11.6. The molecule has 0 fully saturated rings. The quantitative estimate of drug-likeness (QED) is 0.197. The van der Waals surface area contributed by atoms with Crippen molar-refractivity contribution in [3.63, 3.8) is 0 Å². The van der Waals surface area contributed by atoms with E-state index in [0.717, 1.165) is 18.9 Å². The maximum absolute atomic E-state index is 11.3. The van der Waals surface area contributed by atoms with Crippen molar-refractivity contribution in [1.29, 1.82) is 0 Å². The zero-order valence-electron chi connectivity index (χ0n) is 18.0. The third kappa shape index (κ3) is 8.44. The molecule has 0 bridgehead atoms. The normalized spacial score (nSPS) is 13.0. The summed E-state index contributed by atoms with van der Waals surface area (Å²) in [5.74, 6) is -0.358. The molecule has 12 nitrogen and oxygen atoms in total. The Labute approximate surface area is 181 Å². The standard InChI is InChI=1S/C16H27N7O4.O.Tc/c1-12(20-24)15(2,3)18-7-6-8-19-16(4,5)13(21-25)11-22-10-9-17-14(22)23(26)27;;/h9-10,24-25H,6-8,11H2,1-5H3;;/q-2;;+3/p-1/b20-12+,21-13+;;/i;;1+1. The average Bonchev–Trinajstić information content (AvgIpc) is 3.15. The summed E-state index contributed by atoms with van der Waals surface area (Å²) in [6.45, 7) is 9.55. The van der Waals surface area contributed by atoms with Gasteiger partial charge in [0.1, 0.15) is 18.9 Å². The molecule has 0 spiro atoms. The molecule has 0 saturated heterocycles. The van der Waals surface area contributed by atoms with E-state index in [2.05, 4.69) is 25.9 Å². The van der Waals surface area contributed by atoms with Crippen molar-refractivity contribution >= 4 is 17.4 Å². The molecule has 0 atom stereocenters. The number of hydrogen-bond donors (Lipinski definition) is 0. The molecular formula is C16H26N7O5Tc. The third-order valence-electron chi connectivity index (χ3n) is 4.35. The van der Waals surface area contributed by atoms with Crippen molar-refractivity contribution in [2.45, 2.75) is 58.7 Å². The second kappa shape index (κ2) is 12.5. The monoisotopic (exact) mass is 495 g/mol. The fourth-order valence-corrected chi connectivity index (χ4v) is 2.20. The first-order valence-electron chi connectivity index (χ1n) is 8.60. The van der Waals surface area contributed by atoms with E-state index in [9.17, 15) is 20.5 Å². The summed E-state index contributed by atoms with van der Waals surface area (Å²) >= 11 is 0.900. The van der Waals surface area contributed by atoms with Crippen LogP contribution >= 0.6 is 0 Å². The van der Waals surface area contributed by atoms with E-state index >= 15 is 0 Å². The summed E-state index contributed by atoms with van der Waals surface area (Å²) in [7, 11) is 0. The number of imidazole rings is 1. The van der Waals surface area contributed by atoms with E-state index in [1.54, 1.807) is 20.8 Å². The van der Waals surface area contributed by atoms with Crippen LogP contribution in [0.2, 0.25) is 0 Å². The molecule has 0 aliphatic heterocycles. The van der Waals surface area contributed by atoms with Gasteiger partial charge in [-0.15, -0.1) is 0 Å². The second-order valence-corrected chi connectivity index (χ2v) is 7.06. The van der Waals surface area contributed by atoms with Gasteiger partial charge < -0.3 is 41.5 Å². The van der Waals surface area contributed by atoms with Gasteiger partial charge >= 0.3 is 29.7 Å². The van der Waals surface area contributed by atoms with Crippen LogP contribution in [0.5, 0.6) is 0 Å². The van der Waals surface area contributed by atoms with Crippen LogP contribution in [0, 0.1) is 20.5 Å². The summed E-state index contributed by atoms with van der Waals surface area (Å²) in [5.41, 5.74) is -0.946. The molecule has 0 aliphatic carbocycles. The predicted molar refractivity (Wildman–Crippen MR) is 107 cm³/mol.